The second kappa shape index (κ2) is 5.80. The van der Waals surface area contributed by atoms with Crippen LogP contribution in [0.4, 0.5) is 4.79 Å². The molecule has 0 unspecified atom stereocenters. The summed E-state index contributed by atoms with van der Waals surface area (Å²) in [5.41, 5.74) is 0. The van der Waals surface area contributed by atoms with Crippen LogP contribution in [0.25, 0.3) is 0 Å². The van der Waals surface area contributed by atoms with Crippen molar-refractivity contribution < 1.29 is 4.79 Å². The van der Waals surface area contributed by atoms with Crippen molar-refractivity contribution in [3.8, 4) is 0 Å². The van der Waals surface area contributed by atoms with Gasteiger partial charge in [-0.15, -0.1) is 0 Å². The van der Waals surface area contributed by atoms with Crippen LogP contribution >= 0.6 is 11.8 Å². The summed E-state index contributed by atoms with van der Waals surface area (Å²) in [6.45, 7) is 4.15. The van der Waals surface area contributed by atoms with Gasteiger partial charge in [0.05, 0.1) is 0 Å². The molecule has 0 aromatic heterocycles. The fraction of sp³-hybridized carbons (Fsp3) is 0.917. The molecule has 16 heavy (non-hydrogen) atoms. The number of piperidine rings is 1. The minimum absolute atomic E-state index is 0.170. The molecule has 0 spiro atoms. The lowest BCUT2D eigenvalue weighted by molar-refractivity contribution is 0.170. The lowest BCUT2D eigenvalue weighted by Crippen LogP contribution is -2.48. The lowest BCUT2D eigenvalue weighted by atomic mass is 9.99. The van der Waals surface area contributed by atoms with Gasteiger partial charge < -0.3 is 10.2 Å². The molecule has 0 bridgehead atoms. The van der Waals surface area contributed by atoms with Crippen molar-refractivity contribution >= 4 is 17.8 Å². The number of rotatable bonds is 1. The SMILES string of the molecule is CC1CCN(C(=O)NC2CCSCC2)CC1. The number of thioether (sulfide) groups is 1. The average molecular weight is 242 g/mol. The van der Waals surface area contributed by atoms with Crippen molar-refractivity contribution in [2.75, 3.05) is 24.6 Å². The Labute approximate surface area is 102 Å². The third-order valence-corrected chi connectivity index (χ3v) is 4.67. The van der Waals surface area contributed by atoms with E-state index in [1.807, 2.05) is 16.7 Å². The first-order valence-electron chi connectivity index (χ1n) is 6.39. The molecule has 0 aromatic carbocycles. The first-order chi connectivity index (χ1) is 7.75. The van der Waals surface area contributed by atoms with E-state index in [0.29, 0.717) is 6.04 Å². The average Bonchev–Trinajstić information content (AvgIpc) is 2.31. The monoisotopic (exact) mass is 242 g/mol. The summed E-state index contributed by atoms with van der Waals surface area (Å²) in [6, 6.07) is 0.594. The topological polar surface area (TPSA) is 32.3 Å². The first kappa shape index (κ1) is 12.1. The molecule has 2 rings (SSSR count). The summed E-state index contributed by atoms with van der Waals surface area (Å²) >= 11 is 2.00. The number of likely N-dealkylation sites (tertiary alicyclic amines) is 1. The maximum atomic E-state index is 12.0. The standard InChI is InChI=1S/C12H22N2OS/c1-10-2-6-14(7-3-10)12(15)13-11-4-8-16-9-5-11/h10-11H,2-9H2,1H3,(H,13,15). The predicted octanol–water partition coefficient (Wildman–Crippen LogP) is 2.32. The highest BCUT2D eigenvalue weighted by molar-refractivity contribution is 7.99. The van der Waals surface area contributed by atoms with Gasteiger partial charge in [0.25, 0.3) is 0 Å². The Morgan fingerprint density at radius 2 is 1.81 bits per heavy atom. The number of nitrogens with one attached hydrogen (secondary N) is 1. The van der Waals surface area contributed by atoms with Crippen molar-refractivity contribution in [3.63, 3.8) is 0 Å². The zero-order valence-electron chi connectivity index (χ0n) is 10.1. The number of hydrogen-bond donors (Lipinski definition) is 1. The highest BCUT2D eigenvalue weighted by atomic mass is 32.2. The Morgan fingerprint density at radius 1 is 1.19 bits per heavy atom. The molecular weight excluding hydrogens is 220 g/mol. The fourth-order valence-corrected chi connectivity index (χ4v) is 3.43. The molecule has 0 radical (unpaired) electrons. The van der Waals surface area contributed by atoms with Crippen LogP contribution in [0.15, 0.2) is 0 Å². The van der Waals surface area contributed by atoms with Crippen LogP contribution in [0.2, 0.25) is 0 Å². The van der Waals surface area contributed by atoms with E-state index >= 15 is 0 Å². The van der Waals surface area contributed by atoms with E-state index in [1.165, 1.54) is 11.5 Å². The predicted molar refractivity (Wildman–Crippen MR) is 68.8 cm³/mol. The summed E-state index contributed by atoms with van der Waals surface area (Å²) in [4.78, 5) is 14.0. The Kier molecular flexibility index (Phi) is 4.38. The second-order valence-corrected chi connectivity index (χ2v) is 6.23. The van der Waals surface area contributed by atoms with Crippen LogP contribution < -0.4 is 5.32 Å². The van der Waals surface area contributed by atoms with E-state index in [4.69, 9.17) is 0 Å². The molecule has 0 atom stereocenters. The second-order valence-electron chi connectivity index (χ2n) is 5.01. The minimum atomic E-state index is 0.170. The van der Waals surface area contributed by atoms with E-state index < -0.39 is 0 Å². The largest absolute Gasteiger partial charge is 0.335 e. The smallest absolute Gasteiger partial charge is 0.317 e. The van der Waals surface area contributed by atoms with E-state index in [0.717, 1.165) is 44.7 Å². The summed E-state index contributed by atoms with van der Waals surface area (Å²) in [5.74, 6) is 3.18. The maximum Gasteiger partial charge on any atom is 0.317 e. The molecule has 2 saturated heterocycles. The molecule has 2 amide bonds. The van der Waals surface area contributed by atoms with Crippen molar-refractivity contribution in [2.45, 2.75) is 38.6 Å². The van der Waals surface area contributed by atoms with E-state index in [1.54, 1.807) is 0 Å². The number of urea groups is 1. The molecule has 2 aliphatic heterocycles. The van der Waals surface area contributed by atoms with Crippen LogP contribution in [-0.4, -0.2) is 41.6 Å². The van der Waals surface area contributed by atoms with Crippen LogP contribution in [0.5, 0.6) is 0 Å². The van der Waals surface area contributed by atoms with Crippen LogP contribution in [-0.2, 0) is 0 Å². The Morgan fingerprint density at radius 3 is 2.44 bits per heavy atom. The van der Waals surface area contributed by atoms with Gasteiger partial charge in [-0.05, 0) is 43.1 Å². The molecule has 92 valence electrons. The van der Waals surface area contributed by atoms with Crippen molar-refractivity contribution in [1.29, 1.82) is 0 Å². The van der Waals surface area contributed by atoms with Gasteiger partial charge in [0.1, 0.15) is 0 Å². The van der Waals surface area contributed by atoms with Gasteiger partial charge >= 0.3 is 6.03 Å². The molecule has 0 aromatic rings. The van der Waals surface area contributed by atoms with Crippen LogP contribution in [0, 0.1) is 5.92 Å². The first-order valence-corrected chi connectivity index (χ1v) is 7.54. The summed E-state index contributed by atoms with van der Waals surface area (Å²) in [7, 11) is 0. The van der Waals surface area contributed by atoms with Gasteiger partial charge in [-0.3, -0.25) is 0 Å². The molecule has 3 nitrogen and oxygen atoms in total. The lowest BCUT2D eigenvalue weighted by Gasteiger charge is -2.32. The number of carbonyl (C=O) groups excluding carboxylic acids is 1. The Hall–Kier alpha value is -0.380. The normalized spacial score (nSPS) is 24.4. The summed E-state index contributed by atoms with van der Waals surface area (Å²) in [6.07, 6.45) is 4.60. The van der Waals surface area contributed by atoms with Gasteiger partial charge in [0, 0.05) is 19.1 Å². The minimum Gasteiger partial charge on any atom is -0.335 e. The quantitative estimate of drug-likeness (QED) is 0.765. The van der Waals surface area contributed by atoms with Gasteiger partial charge in [-0.2, -0.15) is 11.8 Å². The highest BCUT2D eigenvalue weighted by Crippen LogP contribution is 2.19. The van der Waals surface area contributed by atoms with Crippen LogP contribution in [0.1, 0.15) is 32.6 Å². The van der Waals surface area contributed by atoms with Crippen molar-refractivity contribution in [3.05, 3.63) is 0 Å². The van der Waals surface area contributed by atoms with Gasteiger partial charge in [-0.25, -0.2) is 4.79 Å². The zero-order valence-corrected chi connectivity index (χ0v) is 10.9. The van der Waals surface area contributed by atoms with Crippen LogP contribution in [0.3, 0.4) is 0 Å². The molecular formula is C12H22N2OS. The Bertz CT molecular complexity index is 233. The van der Waals surface area contributed by atoms with E-state index in [-0.39, 0.29) is 6.03 Å². The molecule has 2 fully saturated rings. The van der Waals surface area contributed by atoms with Gasteiger partial charge in [0.2, 0.25) is 0 Å². The van der Waals surface area contributed by atoms with E-state index in [9.17, 15) is 4.79 Å². The molecule has 0 aliphatic carbocycles. The summed E-state index contributed by atoms with van der Waals surface area (Å²) < 4.78 is 0. The highest BCUT2D eigenvalue weighted by Gasteiger charge is 2.23. The molecule has 1 N–H and O–H groups in total. The van der Waals surface area contributed by atoms with Gasteiger partial charge in [-0.1, -0.05) is 6.92 Å². The van der Waals surface area contributed by atoms with Crippen molar-refractivity contribution in [2.24, 2.45) is 5.92 Å². The number of nitrogens with zero attached hydrogens (tertiary/aromatic N) is 1. The molecule has 0 saturated carbocycles. The van der Waals surface area contributed by atoms with Gasteiger partial charge in [0.15, 0.2) is 0 Å². The Balaban J connectivity index is 1.74. The number of amides is 2. The maximum absolute atomic E-state index is 12.0. The fourth-order valence-electron chi connectivity index (χ4n) is 2.32. The van der Waals surface area contributed by atoms with Crippen molar-refractivity contribution in [1.82, 2.24) is 10.2 Å². The molecule has 4 heteroatoms. The third-order valence-electron chi connectivity index (χ3n) is 3.62. The zero-order chi connectivity index (χ0) is 11.4. The number of carbonyl (C=O) groups is 1. The molecule has 2 aliphatic rings. The number of hydrogen-bond acceptors (Lipinski definition) is 2. The summed E-state index contributed by atoms with van der Waals surface area (Å²) in [5, 5.41) is 3.18. The third kappa shape index (κ3) is 3.30. The van der Waals surface area contributed by atoms with E-state index in [2.05, 4.69) is 12.2 Å². The molecule has 2 heterocycles.